The van der Waals surface area contributed by atoms with Crippen LogP contribution in [-0.4, -0.2) is 23.7 Å². The minimum absolute atomic E-state index is 0.138. The Kier molecular flexibility index (Phi) is 7.66. The highest BCUT2D eigenvalue weighted by Crippen LogP contribution is 2.20. The number of carbonyl (C=O) groups excluding carboxylic acids is 2. The maximum atomic E-state index is 12.8. The molecule has 0 saturated heterocycles. The van der Waals surface area contributed by atoms with Crippen LogP contribution in [-0.2, 0) is 27.3 Å². The van der Waals surface area contributed by atoms with E-state index in [2.05, 4.69) is 5.32 Å². The first-order valence-corrected chi connectivity index (χ1v) is 10.6. The number of alkyl carbamates (subject to hydrolysis) is 1. The number of amides is 1. The molecule has 166 valence electrons. The van der Waals surface area contributed by atoms with E-state index in [0.717, 1.165) is 22.3 Å². The van der Waals surface area contributed by atoms with E-state index >= 15 is 0 Å². The summed E-state index contributed by atoms with van der Waals surface area (Å²) in [6.07, 6.45) is -0.359. The third-order valence-corrected chi connectivity index (χ3v) is 4.70. The number of carbonyl (C=O) groups is 2. The zero-order valence-electron chi connectivity index (χ0n) is 18.7. The highest BCUT2D eigenvalue weighted by molar-refractivity contribution is 5.82. The molecule has 1 atom stereocenters. The number of benzene rings is 3. The zero-order chi connectivity index (χ0) is 23.0. The van der Waals surface area contributed by atoms with E-state index in [9.17, 15) is 9.59 Å². The second kappa shape index (κ2) is 10.6. The topological polar surface area (TPSA) is 64.6 Å². The van der Waals surface area contributed by atoms with Gasteiger partial charge in [0.15, 0.2) is 0 Å². The summed E-state index contributed by atoms with van der Waals surface area (Å²) in [6.45, 7) is 5.46. The molecule has 0 spiro atoms. The lowest BCUT2D eigenvalue weighted by atomic mass is 10.0. The van der Waals surface area contributed by atoms with E-state index in [0.29, 0.717) is 6.42 Å². The molecule has 3 rings (SSSR count). The Morgan fingerprint density at radius 2 is 1.34 bits per heavy atom. The fourth-order valence-electron chi connectivity index (χ4n) is 3.17. The SMILES string of the molecule is CC(C)(C)OC(=O)N[C@@H](Cc1ccc(-c2ccccc2)cc1)C(=O)OCc1ccccc1. The fourth-order valence-corrected chi connectivity index (χ4v) is 3.17. The van der Waals surface area contributed by atoms with Gasteiger partial charge in [-0.25, -0.2) is 9.59 Å². The van der Waals surface area contributed by atoms with Crippen molar-refractivity contribution in [2.75, 3.05) is 0 Å². The molecule has 0 aliphatic carbocycles. The maximum Gasteiger partial charge on any atom is 0.408 e. The molecule has 5 nitrogen and oxygen atoms in total. The summed E-state index contributed by atoms with van der Waals surface area (Å²) in [5, 5.41) is 2.67. The Bertz CT molecular complexity index is 1010. The van der Waals surface area contributed by atoms with Crippen LogP contribution >= 0.6 is 0 Å². The average molecular weight is 432 g/mol. The molecule has 32 heavy (non-hydrogen) atoms. The van der Waals surface area contributed by atoms with Crippen LogP contribution < -0.4 is 5.32 Å². The molecule has 3 aromatic rings. The van der Waals surface area contributed by atoms with Crippen LogP contribution in [0.2, 0.25) is 0 Å². The van der Waals surface area contributed by atoms with Gasteiger partial charge in [0.2, 0.25) is 0 Å². The minimum atomic E-state index is -0.865. The predicted molar refractivity (Wildman–Crippen MR) is 125 cm³/mol. The van der Waals surface area contributed by atoms with Crippen molar-refractivity contribution in [2.24, 2.45) is 0 Å². The molecule has 0 heterocycles. The zero-order valence-corrected chi connectivity index (χ0v) is 18.7. The Hall–Kier alpha value is -3.60. The summed E-state index contributed by atoms with van der Waals surface area (Å²) < 4.78 is 10.8. The highest BCUT2D eigenvalue weighted by Gasteiger charge is 2.26. The lowest BCUT2D eigenvalue weighted by molar-refractivity contribution is -0.147. The van der Waals surface area contributed by atoms with Crippen LogP contribution in [0, 0.1) is 0 Å². The molecule has 0 saturated carbocycles. The Morgan fingerprint density at radius 3 is 1.94 bits per heavy atom. The highest BCUT2D eigenvalue weighted by atomic mass is 16.6. The van der Waals surface area contributed by atoms with Gasteiger partial charge in [-0.3, -0.25) is 0 Å². The normalized spacial score (nSPS) is 12.0. The van der Waals surface area contributed by atoms with E-state index in [-0.39, 0.29) is 6.61 Å². The van der Waals surface area contributed by atoms with E-state index in [1.807, 2.05) is 84.9 Å². The minimum Gasteiger partial charge on any atom is -0.459 e. The van der Waals surface area contributed by atoms with Crippen LogP contribution in [0.15, 0.2) is 84.9 Å². The summed E-state index contributed by atoms with van der Waals surface area (Å²) in [7, 11) is 0. The monoisotopic (exact) mass is 431 g/mol. The molecule has 0 aromatic heterocycles. The van der Waals surface area contributed by atoms with Crippen molar-refractivity contribution >= 4 is 12.1 Å². The molecule has 0 radical (unpaired) electrons. The van der Waals surface area contributed by atoms with E-state index in [1.54, 1.807) is 20.8 Å². The number of hydrogen-bond acceptors (Lipinski definition) is 4. The van der Waals surface area contributed by atoms with Crippen LogP contribution in [0.4, 0.5) is 4.79 Å². The van der Waals surface area contributed by atoms with Gasteiger partial charge in [0.1, 0.15) is 18.2 Å². The summed E-state index contributed by atoms with van der Waals surface area (Å²) >= 11 is 0. The van der Waals surface area contributed by atoms with Gasteiger partial charge < -0.3 is 14.8 Å². The number of rotatable bonds is 7. The Balaban J connectivity index is 1.70. The van der Waals surface area contributed by atoms with Crippen molar-refractivity contribution in [3.63, 3.8) is 0 Å². The summed E-state index contributed by atoms with van der Waals surface area (Å²) in [5.74, 6) is -0.508. The number of hydrogen-bond donors (Lipinski definition) is 1. The Labute approximate surface area is 189 Å². The van der Waals surface area contributed by atoms with Gasteiger partial charge in [0.05, 0.1) is 0 Å². The first kappa shape index (κ1) is 23.1. The van der Waals surface area contributed by atoms with Gasteiger partial charge in [0, 0.05) is 6.42 Å². The Morgan fingerprint density at radius 1 is 0.781 bits per heavy atom. The molecule has 0 unspecified atom stereocenters. The van der Waals surface area contributed by atoms with Gasteiger partial charge in [-0.1, -0.05) is 84.9 Å². The summed E-state index contributed by atoms with van der Waals surface area (Å²) in [4.78, 5) is 25.2. The smallest absolute Gasteiger partial charge is 0.408 e. The van der Waals surface area contributed by atoms with E-state index in [1.165, 1.54) is 0 Å². The van der Waals surface area contributed by atoms with Crippen molar-refractivity contribution in [3.05, 3.63) is 96.1 Å². The fraction of sp³-hybridized carbons (Fsp3) is 0.259. The number of esters is 1. The molecule has 1 amide bonds. The van der Waals surface area contributed by atoms with E-state index < -0.39 is 23.7 Å². The van der Waals surface area contributed by atoms with Gasteiger partial charge >= 0.3 is 12.1 Å². The lowest BCUT2D eigenvalue weighted by Crippen LogP contribution is -2.45. The molecule has 1 N–H and O–H groups in total. The van der Waals surface area contributed by atoms with Gasteiger partial charge in [-0.15, -0.1) is 0 Å². The van der Waals surface area contributed by atoms with Gasteiger partial charge in [0.25, 0.3) is 0 Å². The van der Waals surface area contributed by atoms with Crippen molar-refractivity contribution in [1.29, 1.82) is 0 Å². The third kappa shape index (κ3) is 7.27. The molecule has 0 fully saturated rings. The summed E-state index contributed by atoms with van der Waals surface area (Å²) in [5.41, 5.74) is 3.31. The van der Waals surface area contributed by atoms with Gasteiger partial charge in [-0.2, -0.15) is 0 Å². The van der Waals surface area contributed by atoms with Crippen molar-refractivity contribution in [3.8, 4) is 11.1 Å². The predicted octanol–water partition coefficient (Wildman–Crippen LogP) is 5.53. The number of nitrogens with one attached hydrogen (secondary N) is 1. The van der Waals surface area contributed by atoms with Crippen molar-refractivity contribution in [1.82, 2.24) is 5.32 Å². The van der Waals surface area contributed by atoms with Gasteiger partial charge in [-0.05, 0) is 43.0 Å². The molecule has 0 bridgehead atoms. The molecule has 0 aliphatic rings. The average Bonchev–Trinajstić information content (AvgIpc) is 2.77. The molecule has 0 aliphatic heterocycles. The second-order valence-corrected chi connectivity index (χ2v) is 8.56. The molecular formula is C27H29NO4. The second-order valence-electron chi connectivity index (χ2n) is 8.56. The van der Waals surface area contributed by atoms with Crippen LogP contribution in [0.25, 0.3) is 11.1 Å². The van der Waals surface area contributed by atoms with Crippen LogP contribution in [0.3, 0.4) is 0 Å². The standard InChI is InChI=1S/C27H29NO4/c1-27(2,3)32-26(30)28-24(25(29)31-19-21-10-6-4-7-11-21)18-20-14-16-23(17-15-20)22-12-8-5-9-13-22/h4-17,24H,18-19H2,1-3H3,(H,28,30)/t24-/m0/s1. The van der Waals surface area contributed by atoms with Crippen LogP contribution in [0.1, 0.15) is 31.9 Å². The van der Waals surface area contributed by atoms with Crippen LogP contribution in [0.5, 0.6) is 0 Å². The van der Waals surface area contributed by atoms with Crippen molar-refractivity contribution < 1.29 is 19.1 Å². The molecule has 5 heteroatoms. The van der Waals surface area contributed by atoms with Crippen molar-refractivity contribution in [2.45, 2.75) is 45.4 Å². The first-order valence-electron chi connectivity index (χ1n) is 10.6. The first-order chi connectivity index (χ1) is 15.3. The quantitative estimate of drug-likeness (QED) is 0.500. The largest absolute Gasteiger partial charge is 0.459 e. The van der Waals surface area contributed by atoms with E-state index in [4.69, 9.17) is 9.47 Å². The summed E-state index contributed by atoms with van der Waals surface area (Å²) in [6, 6.07) is 26.5. The maximum absolute atomic E-state index is 12.8. The number of ether oxygens (including phenoxy) is 2. The third-order valence-electron chi connectivity index (χ3n) is 4.70. The molecule has 3 aromatic carbocycles. The lowest BCUT2D eigenvalue weighted by Gasteiger charge is -2.23. The molecular weight excluding hydrogens is 402 g/mol.